The summed E-state index contributed by atoms with van der Waals surface area (Å²) in [6.07, 6.45) is -9.15. The van der Waals surface area contributed by atoms with Crippen LogP contribution in [0.1, 0.15) is 32.6 Å². The Bertz CT molecular complexity index is 1470. The van der Waals surface area contributed by atoms with E-state index in [2.05, 4.69) is 15.4 Å². The van der Waals surface area contributed by atoms with Gasteiger partial charge in [-0.15, -0.1) is 0 Å². The molecule has 6 nitrogen and oxygen atoms in total. The van der Waals surface area contributed by atoms with Gasteiger partial charge in [-0.3, -0.25) is 4.79 Å². The Balaban J connectivity index is 1.79. The molecule has 0 radical (unpaired) electrons. The number of anilines is 1. The van der Waals surface area contributed by atoms with E-state index >= 15 is 0 Å². The molecule has 0 saturated carbocycles. The molecule has 0 aliphatic rings. The van der Waals surface area contributed by atoms with Crippen molar-refractivity contribution in [2.75, 3.05) is 5.32 Å². The molecule has 12 heteroatoms. The number of nitriles is 1. The van der Waals surface area contributed by atoms with Crippen molar-refractivity contribution in [3.05, 3.63) is 82.5 Å². The lowest BCUT2D eigenvalue weighted by molar-refractivity contribution is -0.143. The lowest BCUT2D eigenvalue weighted by Crippen LogP contribution is -2.19. The number of hydrogen-bond donors (Lipinski definition) is 1. The van der Waals surface area contributed by atoms with Gasteiger partial charge in [0.15, 0.2) is 11.6 Å². The van der Waals surface area contributed by atoms with Crippen LogP contribution in [0.25, 0.3) is 16.7 Å². The zero-order valence-electron chi connectivity index (χ0n) is 17.7. The number of carbonyl (C=O) groups excluding carboxylic acids is 1. The second-order valence-electron chi connectivity index (χ2n) is 7.49. The first-order valence-corrected chi connectivity index (χ1v) is 9.84. The molecule has 0 saturated heterocycles. The molecule has 4 aromatic rings. The number of amides is 1. The third-order valence-electron chi connectivity index (χ3n) is 5.10. The van der Waals surface area contributed by atoms with Crippen LogP contribution in [0.3, 0.4) is 0 Å². The largest absolute Gasteiger partial charge is 0.416 e. The van der Waals surface area contributed by atoms with Gasteiger partial charge in [0.25, 0.3) is 5.91 Å². The molecule has 1 N–H and O–H groups in total. The predicted molar refractivity (Wildman–Crippen MR) is 113 cm³/mol. The van der Waals surface area contributed by atoms with Gasteiger partial charge >= 0.3 is 12.4 Å². The molecule has 0 fully saturated rings. The number of nitrogens with zero attached hydrogens (tertiary/aromatic N) is 4. The molecule has 4 rings (SSSR count). The van der Waals surface area contributed by atoms with Gasteiger partial charge in [0.2, 0.25) is 0 Å². The number of para-hydroxylation sites is 1. The number of fused-ring (bicyclic) bond motifs is 1. The Morgan fingerprint density at radius 3 is 2.23 bits per heavy atom. The highest BCUT2D eigenvalue weighted by molar-refractivity contribution is 6.05. The van der Waals surface area contributed by atoms with Crippen molar-refractivity contribution < 1.29 is 31.1 Å². The van der Waals surface area contributed by atoms with Crippen LogP contribution < -0.4 is 5.32 Å². The number of aryl methyl sites for hydroxylation is 1. The summed E-state index contributed by atoms with van der Waals surface area (Å²) in [6.45, 7) is 1.79. The molecule has 35 heavy (non-hydrogen) atoms. The lowest BCUT2D eigenvalue weighted by Gasteiger charge is -2.15. The van der Waals surface area contributed by atoms with Gasteiger partial charge in [0.1, 0.15) is 11.6 Å². The van der Waals surface area contributed by atoms with Crippen LogP contribution in [-0.2, 0) is 12.4 Å². The van der Waals surface area contributed by atoms with Gasteiger partial charge in [0, 0.05) is 10.9 Å². The normalized spacial score (nSPS) is 11.9. The van der Waals surface area contributed by atoms with Crippen LogP contribution in [0.15, 0.2) is 54.7 Å². The van der Waals surface area contributed by atoms with E-state index in [9.17, 15) is 36.4 Å². The standard InChI is InChI=1S/C23H13F6N5O/c1-12-6-19(32-18-5-3-2-4-17(12)18)34-20(14(10-30)11-31-34)33-21(35)13-7-15(22(24,25)26)9-16(8-13)23(27,28)29/h2-9,11H,1H3,(H,33,35). The summed E-state index contributed by atoms with van der Waals surface area (Å²) in [5.41, 5.74) is -3.00. The lowest BCUT2D eigenvalue weighted by atomic mass is 10.0. The van der Waals surface area contributed by atoms with Crippen molar-refractivity contribution in [3.63, 3.8) is 0 Å². The fraction of sp³-hybridized carbons (Fsp3) is 0.130. The number of rotatable bonds is 3. The van der Waals surface area contributed by atoms with Crippen molar-refractivity contribution in [2.45, 2.75) is 19.3 Å². The van der Waals surface area contributed by atoms with Gasteiger partial charge in [-0.25, -0.2) is 4.98 Å². The molecule has 0 aliphatic carbocycles. The Labute approximate surface area is 193 Å². The van der Waals surface area contributed by atoms with Gasteiger partial charge in [0.05, 0.1) is 22.8 Å². The van der Waals surface area contributed by atoms with Gasteiger partial charge in [-0.2, -0.15) is 41.4 Å². The maximum Gasteiger partial charge on any atom is 0.416 e. The maximum absolute atomic E-state index is 13.2. The van der Waals surface area contributed by atoms with E-state index in [0.717, 1.165) is 21.8 Å². The Hall–Kier alpha value is -4.40. The first-order chi connectivity index (χ1) is 16.4. The van der Waals surface area contributed by atoms with E-state index < -0.39 is 35.0 Å². The van der Waals surface area contributed by atoms with E-state index in [4.69, 9.17) is 0 Å². The van der Waals surface area contributed by atoms with Crippen LogP contribution in [0.4, 0.5) is 32.2 Å². The molecule has 0 aliphatic heterocycles. The molecule has 0 spiro atoms. The van der Waals surface area contributed by atoms with E-state index in [1.54, 1.807) is 31.2 Å². The van der Waals surface area contributed by atoms with E-state index in [-0.39, 0.29) is 23.3 Å². The second kappa shape index (κ2) is 8.43. The molecular weight excluding hydrogens is 476 g/mol. The molecule has 178 valence electrons. The summed E-state index contributed by atoms with van der Waals surface area (Å²) < 4.78 is 80.2. The molecule has 1 amide bonds. The number of nitrogens with one attached hydrogen (secondary N) is 1. The number of pyridine rings is 1. The fourth-order valence-electron chi connectivity index (χ4n) is 3.43. The number of hydrogen-bond acceptors (Lipinski definition) is 4. The number of benzene rings is 2. The monoisotopic (exact) mass is 489 g/mol. The summed E-state index contributed by atoms with van der Waals surface area (Å²) in [5, 5.41) is 16.5. The van der Waals surface area contributed by atoms with Crippen molar-refractivity contribution in [1.29, 1.82) is 5.26 Å². The number of carbonyl (C=O) groups is 1. The molecule has 2 heterocycles. The molecule has 2 aromatic heterocycles. The quantitative estimate of drug-likeness (QED) is 0.364. The zero-order chi connectivity index (χ0) is 25.5. The average molecular weight is 489 g/mol. The van der Waals surface area contributed by atoms with E-state index in [1.165, 1.54) is 0 Å². The van der Waals surface area contributed by atoms with Gasteiger partial charge in [-0.05, 0) is 42.8 Å². The van der Waals surface area contributed by atoms with Gasteiger partial charge in [-0.1, -0.05) is 18.2 Å². The van der Waals surface area contributed by atoms with Crippen molar-refractivity contribution in [2.24, 2.45) is 0 Å². The van der Waals surface area contributed by atoms with Crippen LogP contribution in [0.2, 0.25) is 0 Å². The van der Waals surface area contributed by atoms with Crippen molar-refractivity contribution in [1.82, 2.24) is 14.8 Å². The SMILES string of the molecule is Cc1cc(-n2ncc(C#N)c2NC(=O)c2cc(C(F)(F)F)cc(C(F)(F)F)c2)nc2ccccc12. The molecule has 2 aromatic carbocycles. The smallest absolute Gasteiger partial charge is 0.305 e. The maximum atomic E-state index is 13.2. The highest BCUT2D eigenvalue weighted by atomic mass is 19.4. The minimum absolute atomic E-state index is 0.0798. The van der Waals surface area contributed by atoms with Gasteiger partial charge < -0.3 is 5.32 Å². The summed E-state index contributed by atoms with van der Waals surface area (Å²) in [4.78, 5) is 17.2. The summed E-state index contributed by atoms with van der Waals surface area (Å²) in [5.74, 6) is -1.37. The number of alkyl halides is 6. The zero-order valence-corrected chi connectivity index (χ0v) is 17.7. The first kappa shape index (κ1) is 23.7. The topological polar surface area (TPSA) is 83.6 Å². The van der Waals surface area contributed by atoms with Crippen LogP contribution in [-0.4, -0.2) is 20.7 Å². The average Bonchev–Trinajstić information content (AvgIpc) is 3.20. The highest BCUT2D eigenvalue weighted by Crippen LogP contribution is 2.36. The molecule has 0 bridgehead atoms. The van der Waals surface area contributed by atoms with Crippen molar-refractivity contribution in [3.8, 4) is 11.9 Å². The Kier molecular flexibility index (Phi) is 5.72. The Morgan fingerprint density at radius 1 is 1.00 bits per heavy atom. The fourth-order valence-corrected chi connectivity index (χ4v) is 3.43. The van der Waals surface area contributed by atoms with Crippen molar-refractivity contribution >= 4 is 22.6 Å². The van der Waals surface area contributed by atoms with Crippen LogP contribution in [0, 0.1) is 18.3 Å². The summed E-state index contributed by atoms with van der Waals surface area (Å²) in [7, 11) is 0. The molecular formula is C23H13F6N5O. The highest BCUT2D eigenvalue weighted by Gasteiger charge is 2.37. The minimum Gasteiger partial charge on any atom is -0.305 e. The number of halogens is 6. The molecule has 0 atom stereocenters. The van der Waals surface area contributed by atoms with E-state index in [1.807, 2.05) is 12.1 Å². The first-order valence-electron chi connectivity index (χ1n) is 9.84. The summed E-state index contributed by atoms with van der Waals surface area (Å²) >= 11 is 0. The van der Waals surface area contributed by atoms with Crippen LogP contribution in [0.5, 0.6) is 0 Å². The molecule has 0 unspecified atom stereocenters. The predicted octanol–water partition coefficient (Wildman–Crippen LogP) is 5.89. The minimum atomic E-state index is -5.12. The Morgan fingerprint density at radius 2 is 1.63 bits per heavy atom. The second-order valence-corrected chi connectivity index (χ2v) is 7.49. The van der Waals surface area contributed by atoms with Crippen LogP contribution >= 0.6 is 0 Å². The third kappa shape index (κ3) is 4.65. The number of aromatic nitrogens is 3. The van der Waals surface area contributed by atoms with E-state index in [0.29, 0.717) is 17.6 Å². The summed E-state index contributed by atoms with van der Waals surface area (Å²) in [6, 6.07) is 11.0. The third-order valence-corrected chi connectivity index (χ3v) is 5.10.